The summed E-state index contributed by atoms with van der Waals surface area (Å²) in [5.74, 6) is 0. The van der Waals surface area contributed by atoms with Crippen molar-refractivity contribution in [1.82, 2.24) is 14.8 Å². The summed E-state index contributed by atoms with van der Waals surface area (Å²) < 4.78 is 1.64. The second kappa shape index (κ2) is 5.29. The molecule has 0 bridgehead atoms. The zero-order chi connectivity index (χ0) is 12.3. The van der Waals surface area contributed by atoms with Gasteiger partial charge in [0.15, 0.2) is 0 Å². The Balaban J connectivity index is 2.23. The first-order chi connectivity index (χ1) is 8.20. The lowest BCUT2D eigenvalue weighted by Gasteiger charge is -2.10. The lowest BCUT2D eigenvalue weighted by Crippen LogP contribution is -2.21. The van der Waals surface area contributed by atoms with Crippen LogP contribution >= 0.6 is 11.6 Å². The monoisotopic (exact) mass is 250 g/mol. The highest BCUT2D eigenvalue weighted by atomic mass is 35.5. The summed E-state index contributed by atoms with van der Waals surface area (Å²) in [5, 5.41) is 4.71. The van der Waals surface area contributed by atoms with Crippen LogP contribution in [-0.4, -0.2) is 20.8 Å². The quantitative estimate of drug-likeness (QED) is 0.905. The van der Waals surface area contributed by atoms with E-state index in [9.17, 15) is 0 Å². The van der Waals surface area contributed by atoms with Gasteiger partial charge in [0.05, 0.1) is 10.7 Å². The summed E-state index contributed by atoms with van der Waals surface area (Å²) >= 11 is 6.22. The second-order valence-corrected chi connectivity index (χ2v) is 4.41. The maximum Gasteiger partial charge on any atom is 0.138 e. The molecule has 17 heavy (non-hydrogen) atoms. The Morgan fingerprint density at radius 1 is 1.47 bits per heavy atom. The first-order valence-corrected chi connectivity index (χ1v) is 5.97. The molecule has 0 radical (unpaired) electrons. The van der Waals surface area contributed by atoms with E-state index in [1.54, 1.807) is 11.0 Å². The molecule has 2 aromatic rings. The number of rotatable bonds is 4. The Morgan fingerprint density at radius 2 is 2.29 bits per heavy atom. The third kappa shape index (κ3) is 2.84. The maximum atomic E-state index is 6.22. The summed E-state index contributed by atoms with van der Waals surface area (Å²) in [6.45, 7) is 2.08. The van der Waals surface area contributed by atoms with Crippen molar-refractivity contribution in [3.8, 4) is 5.69 Å². The molecule has 1 unspecified atom stereocenters. The molecular formula is C12H15ClN4. The van der Waals surface area contributed by atoms with E-state index in [4.69, 9.17) is 17.3 Å². The molecule has 1 aromatic heterocycles. The second-order valence-electron chi connectivity index (χ2n) is 4.00. The van der Waals surface area contributed by atoms with Gasteiger partial charge in [0, 0.05) is 6.04 Å². The average molecular weight is 251 g/mol. The molecule has 0 aliphatic heterocycles. The summed E-state index contributed by atoms with van der Waals surface area (Å²) in [7, 11) is 0. The van der Waals surface area contributed by atoms with E-state index in [1.807, 2.05) is 18.2 Å². The number of benzene rings is 1. The minimum absolute atomic E-state index is 0.184. The van der Waals surface area contributed by atoms with Gasteiger partial charge in [-0.25, -0.2) is 9.67 Å². The van der Waals surface area contributed by atoms with Gasteiger partial charge in [-0.1, -0.05) is 24.6 Å². The van der Waals surface area contributed by atoms with E-state index >= 15 is 0 Å². The number of halogens is 1. The molecule has 0 saturated carbocycles. The smallest absolute Gasteiger partial charge is 0.138 e. The van der Waals surface area contributed by atoms with Gasteiger partial charge in [-0.05, 0) is 30.5 Å². The molecular weight excluding hydrogens is 236 g/mol. The molecule has 0 aliphatic rings. The van der Waals surface area contributed by atoms with Crippen LogP contribution in [0.3, 0.4) is 0 Å². The highest BCUT2D eigenvalue weighted by molar-refractivity contribution is 6.32. The number of hydrogen-bond donors (Lipinski definition) is 1. The number of nitrogens with zero attached hydrogens (tertiary/aromatic N) is 3. The third-order valence-corrected chi connectivity index (χ3v) is 3.00. The SMILES string of the molecule is CCC(N)Cc1ccc(-n2cncn2)c(Cl)c1. The lowest BCUT2D eigenvalue weighted by atomic mass is 10.0. The molecule has 1 heterocycles. The number of aromatic nitrogens is 3. The third-order valence-electron chi connectivity index (χ3n) is 2.70. The first kappa shape index (κ1) is 12.1. The Bertz CT molecular complexity index is 481. The van der Waals surface area contributed by atoms with Gasteiger partial charge in [-0.15, -0.1) is 0 Å². The standard InChI is InChI=1S/C12H15ClN4/c1-2-10(14)5-9-3-4-12(11(13)6-9)17-8-15-7-16-17/h3-4,6-8,10H,2,5,14H2,1H3. The van der Waals surface area contributed by atoms with Gasteiger partial charge in [0.25, 0.3) is 0 Å². The zero-order valence-electron chi connectivity index (χ0n) is 9.68. The van der Waals surface area contributed by atoms with Gasteiger partial charge in [0.2, 0.25) is 0 Å². The summed E-state index contributed by atoms with van der Waals surface area (Å²) in [6, 6.07) is 6.09. The predicted molar refractivity (Wildman–Crippen MR) is 68.3 cm³/mol. The number of nitrogens with two attached hydrogens (primary N) is 1. The molecule has 5 heteroatoms. The van der Waals surface area contributed by atoms with Crippen molar-refractivity contribution in [2.24, 2.45) is 5.73 Å². The molecule has 0 aliphatic carbocycles. The minimum atomic E-state index is 0.184. The van der Waals surface area contributed by atoms with Gasteiger partial charge in [-0.3, -0.25) is 0 Å². The van der Waals surface area contributed by atoms with Crippen LogP contribution in [0.15, 0.2) is 30.9 Å². The van der Waals surface area contributed by atoms with Crippen LogP contribution in [0.1, 0.15) is 18.9 Å². The highest BCUT2D eigenvalue weighted by Gasteiger charge is 2.07. The molecule has 0 saturated heterocycles. The fourth-order valence-electron chi connectivity index (χ4n) is 1.64. The first-order valence-electron chi connectivity index (χ1n) is 5.59. The van der Waals surface area contributed by atoms with Gasteiger partial charge < -0.3 is 5.73 Å². The number of hydrogen-bond acceptors (Lipinski definition) is 3. The van der Waals surface area contributed by atoms with Crippen LogP contribution in [0, 0.1) is 0 Å². The van der Waals surface area contributed by atoms with Crippen molar-refractivity contribution in [2.75, 3.05) is 0 Å². The summed E-state index contributed by atoms with van der Waals surface area (Å²) in [4.78, 5) is 3.90. The van der Waals surface area contributed by atoms with Gasteiger partial charge in [-0.2, -0.15) is 5.10 Å². The van der Waals surface area contributed by atoms with E-state index in [0.717, 1.165) is 24.1 Å². The predicted octanol–water partition coefficient (Wildman–Crippen LogP) is 2.20. The van der Waals surface area contributed by atoms with Crippen LogP contribution in [-0.2, 0) is 6.42 Å². The molecule has 2 N–H and O–H groups in total. The Kier molecular flexibility index (Phi) is 3.76. The Hall–Kier alpha value is -1.39. The summed E-state index contributed by atoms with van der Waals surface area (Å²) in [6.07, 6.45) is 4.91. The van der Waals surface area contributed by atoms with Crippen molar-refractivity contribution in [3.63, 3.8) is 0 Å². The Morgan fingerprint density at radius 3 is 2.88 bits per heavy atom. The normalized spacial score (nSPS) is 12.6. The molecule has 1 atom stereocenters. The van der Waals surface area contributed by atoms with Crippen LogP contribution in [0.4, 0.5) is 0 Å². The maximum absolute atomic E-state index is 6.22. The molecule has 90 valence electrons. The van der Waals surface area contributed by atoms with Crippen LogP contribution in [0.25, 0.3) is 5.69 Å². The molecule has 2 rings (SSSR count). The average Bonchev–Trinajstić information content (AvgIpc) is 2.82. The fourth-order valence-corrected chi connectivity index (χ4v) is 1.93. The zero-order valence-corrected chi connectivity index (χ0v) is 10.4. The van der Waals surface area contributed by atoms with E-state index in [0.29, 0.717) is 5.02 Å². The minimum Gasteiger partial charge on any atom is -0.327 e. The molecule has 0 amide bonds. The Labute approximate surface area is 105 Å². The molecule has 0 fully saturated rings. The van der Waals surface area contributed by atoms with E-state index in [-0.39, 0.29) is 6.04 Å². The largest absolute Gasteiger partial charge is 0.327 e. The fraction of sp³-hybridized carbons (Fsp3) is 0.333. The molecule has 0 spiro atoms. The van der Waals surface area contributed by atoms with Crippen LogP contribution in [0.2, 0.25) is 5.02 Å². The van der Waals surface area contributed by atoms with Crippen LogP contribution < -0.4 is 5.73 Å². The topological polar surface area (TPSA) is 56.7 Å². The summed E-state index contributed by atoms with van der Waals surface area (Å²) in [5.41, 5.74) is 7.90. The molecule has 4 nitrogen and oxygen atoms in total. The lowest BCUT2D eigenvalue weighted by molar-refractivity contribution is 0.646. The van der Waals surface area contributed by atoms with Crippen molar-refractivity contribution in [1.29, 1.82) is 0 Å². The van der Waals surface area contributed by atoms with Crippen LogP contribution in [0.5, 0.6) is 0 Å². The van der Waals surface area contributed by atoms with Crippen molar-refractivity contribution in [3.05, 3.63) is 41.4 Å². The van der Waals surface area contributed by atoms with Gasteiger partial charge >= 0.3 is 0 Å². The molecule has 1 aromatic carbocycles. The van der Waals surface area contributed by atoms with Crippen molar-refractivity contribution in [2.45, 2.75) is 25.8 Å². The highest BCUT2D eigenvalue weighted by Crippen LogP contribution is 2.21. The van der Waals surface area contributed by atoms with E-state index < -0.39 is 0 Å². The van der Waals surface area contributed by atoms with Gasteiger partial charge in [0.1, 0.15) is 12.7 Å². The van der Waals surface area contributed by atoms with Crippen molar-refractivity contribution >= 4 is 11.6 Å². The van der Waals surface area contributed by atoms with E-state index in [1.165, 1.54) is 6.33 Å². The van der Waals surface area contributed by atoms with E-state index in [2.05, 4.69) is 17.0 Å². The van der Waals surface area contributed by atoms with Crippen molar-refractivity contribution < 1.29 is 0 Å².